The Morgan fingerprint density at radius 2 is 2.10 bits per heavy atom. The van der Waals surface area contributed by atoms with Gasteiger partial charge in [0.05, 0.1) is 18.0 Å². The summed E-state index contributed by atoms with van der Waals surface area (Å²) in [5.41, 5.74) is 2.75. The fraction of sp³-hybridized carbons (Fsp3) is 0.333. The molecule has 0 spiro atoms. The zero-order valence-corrected chi connectivity index (χ0v) is 11.8. The van der Waals surface area contributed by atoms with Gasteiger partial charge in [-0.2, -0.15) is 5.10 Å². The van der Waals surface area contributed by atoms with Crippen LogP contribution >= 0.6 is 0 Å². The lowest BCUT2D eigenvalue weighted by Gasteiger charge is -2.14. The largest absolute Gasteiger partial charge is 0.476 e. The van der Waals surface area contributed by atoms with E-state index in [-0.39, 0.29) is 5.69 Å². The molecule has 20 heavy (non-hydrogen) atoms. The second kappa shape index (κ2) is 5.88. The molecule has 1 aromatic heterocycles. The monoisotopic (exact) mass is 274 g/mol. The van der Waals surface area contributed by atoms with Crippen LogP contribution in [0.15, 0.2) is 30.3 Å². The summed E-state index contributed by atoms with van der Waals surface area (Å²) >= 11 is 0. The smallest absolute Gasteiger partial charge is 0.356 e. The van der Waals surface area contributed by atoms with Gasteiger partial charge >= 0.3 is 5.97 Å². The zero-order chi connectivity index (χ0) is 14.7. The van der Waals surface area contributed by atoms with Crippen molar-refractivity contribution in [2.75, 3.05) is 7.11 Å². The van der Waals surface area contributed by atoms with E-state index in [1.807, 2.05) is 24.3 Å². The second-order valence-electron chi connectivity index (χ2n) is 4.88. The van der Waals surface area contributed by atoms with Crippen LogP contribution < -0.4 is 0 Å². The standard InChI is InChI=1S/C15H18N2O3/c1-10(2)12-6-4-5-7-14(12)17-11(9-20-3)8-13(16-17)15(18)19/h4-8,10H,9H2,1-3H3,(H,18,19). The lowest BCUT2D eigenvalue weighted by atomic mass is 10.0. The van der Waals surface area contributed by atoms with Gasteiger partial charge in [0, 0.05) is 7.11 Å². The number of rotatable bonds is 5. The lowest BCUT2D eigenvalue weighted by Crippen LogP contribution is -2.08. The number of aromatic nitrogens is 2. The van der Waals surface area contributed by atoms with Crippen LogP contribution in [-0.4, -0.2) is 28.0 Å². The van der Waals surface area contributed by atoms with Crippen LogP contribution in [0.5, 0.6) is 0 Å². The zero-order valence-electron chi connectivity index (χ0n) is 11.8. The third kappa shape index (κ3) is 2.72. The van der Waals surface area contributed by atoms with Gasteiger partial charge in [-0.05, 0) is 23.6 Å². The first-order chi connectivity index (χ1) is 9.54. The molecular formula is C15H18N2O3. The first-order valence-corrected chi connectivity index (χ1v) is 6.45. The number of benzene rings is 1. The third-order valence-electron chi connectivity index (χ3n) is 3.08. The molecule has 0 bridgehead atoms. The van der Waals surface area contributed by atoms with E-state index in [1.54, 1.807) is 17.9 Å². The Morgan fingerprint density at radius 1 is 1.40 bits per heavy atom. The minimum atomic E-state index is -1.04. The van der Waals surface area contributed by atoms with Crippen molar-refractivity contribution in [3.05, 3.63) is 47.3 Å². The Hall–Kier alpha value is -2.14. The van der Waals surface area contributed by atoms with Crippen molar-refractivity contribution in [2.45, 2.75) is 26.4 Å². The summed E-state index contributed by atoms with van der Waals surface area (Å²) in [6.07, 6.45) is 0. The van der Waals surface area contributed by atoms with Crippen molar-refractivity contribution in [1.82, 2.24) is 9.78 Å². The summed E-state index contributed by atoms with van der Waals surface area (Å²) in [4.78, 5) is 11.1. The molecule has 5 nitrogen and oxygen atoms in total. The van der Waals surface area contributed by atoms with Gasteiger partial charge in [0.1, 0.15) is 0 Å². The van der Waals surface area contributed by atoms with Crippen LogP contribution in [0.1, 0.15) is 41.5 Å². The molecule has 0 unspecified atom stereocenters. The lowest BCUT2D eigenvalue weighted by molar-refractivity contribution is 0.0690. The van der Waals surface area contributed by atoms with Crippen molar-refractivity contribution < 1.29 is 14.6 Å². The van der Waals surface area contributed by atoms with E-state index in [1.165, 1.54) is 0 Å². The minimum absolute atomic E-state index is 0.0237. The first-order valence-electron chi connectivity index (χ1n) is 6.45. The molecule has 5 heteroatoms. The minimum Gasteiger partial charge on any atom is -0.476 e. The van der Waals surface area contributed by atoms with E-state index in [0.717, 1.165) is 16.9 Å². The first kappa shape index (κ1) is 14.3. The summed E-state index contributed by atoms with van der Waals surface area (Å²) in [5, 5.41) is 13.3. The number of hydrogen-bond donors (Lipinski definition) is 1. The number of methoxy groups -OCH3 is 1. The maximum atomic E-state index is 11.1. The molecule has 0 aliphatic rings. The molecule has 106 valence electrons. The summed E-state index contributed by atoms with van der Waals surface area (Å²) in [7, 11) is 1.58. The molecule has 0 atom stereocenters. The quantitative estimate of drug-likeness (QED) is 0.910. The van der Waals surface area contributed by atoms with Gasteiger partial charge < -0.3 is 9.84 Å². The van der Waals surface area contributed by atoms with Gasteiger partial charge in [-0.15, -0.1) is 0 Å². The molecule has 2 rings (SSSR count). The predicted octanol–water partition coefficient (Wildman–Crippen LogP) is 2.84. The van der Waals surface area contributed by atoms with Gasteiger partial charge in [0.25, 0.3) is 0 Å². The van der Waals surface area contributed by atoms with E-state index in [4.69, 9.17) is 9.84 Å². The number of carboxylic acid groups (broad SMARTS) is 1. The highest BCUT2D eigenvalue weighted by Crippen LogP contribution is 2.24. The molecule has 1 aromatic carbocycles. The Bertz CT molecular complexity index is 617. The van der Waals surface area contributed by atoms with Gasteiger partial charge in [0.2, 0.25) is 0 Å². The van der Waals surface area contributed by atoms with Gasteiger partial charge in [0.15, 0.2) is 5.69 Å². The molecular weight excluding hydrogens is 256 g/mol. The number of hydrogen-bond acceptors (Lipinski definition) is 3. The molecule has 0 saturated heterocycles. The fourth-order valence-corrected chi connectivity index (χ4v) is 2.15. The van der Waals surface area contributed by atoms with Crippen molar-refractivity contribution in [1.29, 1.82) is 0 Å². The second-order valence-corrected chi connectivity index (χ2v) is 4.88. The Balaban J connectivity index is 2.59. The van der Waals surface area contributed by atoms with Gasteiger partial charge in [-0.3, -0.25) is 0 Å². The van der Waals surface area contributed by atoms with Crippen LogP contribution in [0.25, 0.3) is 5.69 Å². The Morgan fingerprint density at radius 3 is 2.70 bits per heavy atom. The highest BCUT2D eigenvalue weighted by atomic mass is 16.5. The summed E-state index contributed by atoms with van der Waals surface area (Å²) in [6, 6.07) is 9.39. The highest BCUT2D eigenvalue weighted by molar-refractivity contribution is 5.85. The fourth-order valence-electron chi connectivity index (χ4n) is 2.15. The van der Waals surface area contributed by atoms with E-state index in [9.17, 15) is 4.79 Å². The normalized spacial score (nSPS) is 11.0. The van der Waals surface area contributed by atoms with E-state index in [2.05, 4.69) is 18.9 Å². The number of carboxylic acids is 1. The van der Waals surface area contributed by atoms with Gasteiger partial charge in [-0.1, -0.05) is 32.0 Å². The Labute approximate surface area is 117 Å². The molecule has 2 aromatic rings. The third-order valence-corrected chi connectivity index (χ3v) is 3.08. The topological polar surface area (TPSA) is 64.3 Å². The molecule has 0 aliphatic heterocycles. The molecule has 0 amide bonds. The SMILES string of the molecule is COCc1cc(C(=O)O)nn1-c1ccccc1C(C)C. The summed E-state index contributed by atoms with van der Waals surface area (Å²) in [5.74, 6) is -0.720. The molecule has 0 aliphatic carbocycles. The van der Waals surface area contributed by atoms with E-state index >= 15 is 0 Å². The van der Waals surface area contributed by atoms with Crippen LogP contribution in [0.3, 0.4) is 0 Å². The van der Waals surface area contributed by atoms with Crippen LogP contribution in [0, 0.1) is 0 Å². The summed E-state index contributed by atoms with van der Waals surface area (Å²) < 4.78 is 6.78. The van der Waals surface area contributed by atoms with Gasteiger partial charge in [-0.25, -0.2) is 9.48 Å². The predicted molar refractivity (Wildman–Crippen MR) is 75.3 cm³/mol. The molecule has 1 N–H and O–H groups in total. The molecule has 0 fully saturated rings. The molecule has 0 radical (unpaired) electrons. The average Bonchev–Trinajstić information content (AvgIpc) is 2.83. The average molecular weight is 274 g/mol. The Kier molecular flexibility index (Phi) is 4.20. The van der Waals surface area contributed by atoms with Crippen molar-refractivity contribution in [3.63, 3.8) is 0 Å². The maximum Gasteiger partial charge on any atom is 0.356 e. The van der Waals surface area contributed by atoms with E-state index in [0.29, 0.717) is 12.5 Å². The molecule has 0 saturated carbocycles. The van der Waals surface area contributed by atoms with Crippen LogP contribution in [0.2, 0.25) is 0 Å². The number of ether oxygens (including phenoxy) is 1. The number of para-hydroxylation sites is 1. The molecule has 1 heterocycles. The van der Waals surface area contributed by atoms with Crippen LogP contribution in [0.4, 0.5) is 0 Å². The van der Waals surface area contributed by atoms with Crippen molar-refractivity contribution >= 4 is 5.97 Å². The maximum absolute atomic E-state index is 11.1. The highest BCUT2D eigenvalue weighted by Gasteiger charge is 2.17. The number of carbonyl (C=O) groups is 1. The van der Waals surface area contributed by atoms with Crippen molar-refractivity contribution in [3.8, 4) is 5.69 Å². The number of nitrogens with zero attached hydrogens (tertiary/aromatic N) is 2. The number of aromatic carboxylic acids is 1. The van der Waals surface area contributed by atoms with E-state index < -0.39 is 5.97 Å². The van der Waals surface area contributed by atoms with Crippen LogP contribution in [-0.2, 0) is 11.3 Å². The summed E-state index contributed by atoms with van der Waals surface area (Å²) in [6.45, 7) is 4.50. The van der Waals surface area contributed by atoms with Crippen molar-refractivity contribution in [2.24, 2.45) is 0 Å².